The average molecular weight is 255 g/mol. The van der Waals surface area contributed by atoms with Crippen LogP contribution in [-0.2, 0) is 9.59 Å². The second kappa shape index (κ2) is 6.37. The van der Waals surface area contributed by atoms with Gasteiger partial charge in [-0.15, -0.1) is 0 Å². The quantitative estimate of drug-likeness (QED) is 0.700. The molecular weight excluding hydrogens is 234 g/mol. The van der Waals surface area contributed by atoms with E-state index in [1.807, 2.05) is 13.8 Å². The number of amides is 4. The van der Waals surface area contributed by atoms with Crippen molar-refractivity contribution < 1.29 is 14.4 Å². The maximum absolute atomic E-state index is 11.5. The lowest BCUT2D eigenvalue weighted by Gasteiger charge is -2.13. The molecule has 102 valence electrons. The summed E-state index contributed by atoms with van der Waals surface area (Å²) in [5.41, 5.74) is 0. The molecule has 6 nitrogen and oxygen atoms in total. The maximum Gasteiger partial charge on any atom is 0.326 e. The van der Waals surface area contributed by atoms with Crippen LogP contribution in [0.3, 0.4) is 0 Å². The number of likely N-dealkylation sites (N-methyl/N-ethyl adjacent to an activating group) is 1. The van der Waals surface area contributed by atoms with Crippen molar-refractivity contribution in [2.45, 2.75) is 26.7 Å². The minimum absolute atomic E-state index is 0.0313. The number of carbonyl (C=O) groups is 3. The molecule has 0 bridgehead atoms. The van der Waals surface area contributed by atoms with Crippen molar-refractivity contribution in [2.75, 3.05) is 26.7 Å². The third-order valence-corrected chi connectivity index (χ3v) is 2.72. The zero-order valence-corrected chi connectivity index (χ0v) is 11.2. The maximum atomic E-state index is 11.5. The highest BCUT2D eigenvalue weighted by Crippen LogP contribution is 2.09. The van der Waals surface area contributed by atoms with E-state index in [1.54, 1.807) is 7.05 Å². The first-order chi connectivity index (χ1) is 8.41. The molecule has 0 aromatic heterocycles. The molecule has 0 atom stereocenters. The summed E-state index contributed by atoms with van der Waals surface area (Å²) in [6.45, 7) is 5.16. The first-order valence-electron chi connectivity index (χ1n) is 6.24. The van der Waals surface area contributed by atoms with Gasteiger partial charge >= 0.3 is 6.03 Å². The summed E-state index contributed by atoms with van der Waals surface area (Å²) in [7, 11) is 1.59. The van der Waals surface area contributed by atoms with Gasteiger partial charge < -0.3 is 10.2 Å². The normalized spacial score (nSPS) is 15.8. The van der Waals surface area contributed by atoms with Crippen LogP contribution in [-0.4, -0.2) is 54.3 Å². The van der Waals surface area contributed by atoms with Crippen molar-refractivity contribution in [1.29, 1.82) is 0 Å². The molecule has 1 saturated heterocycles. The molecule has 1 heterocycles. The van der Waals surface area contributed by atoms with E-state index in [-0.39, 0.29) is 24.4 Å². The van der Waals surface area contributed by atoms with Crippen LogP contribution in [0.1, 0.15) is 26.7 Å². The van der Waals surface area contributed by atoms with Gasteiger partial charge in [0.05, 0.1) is 0 Å². The van der Waals surface area contributed by atoms with Gasteiger partial charge in [-0.05, 0) is 12.3 Å². The molecule has 1 rings (SSSR count). The van der Waals surface area contributed by atoms with E-state index in [1.165, 1.54) is 9.80 Å². The number of rotatable bonds is 6. The van der Waals surface area contributed by atoms with Crippen LogP contribution in [0.15, 0.2) is 0 Å². The molecule has 0 radical (unpaired) electrons. The molecule has 0 unspecified atom stereocenters. The molecular formula is C12H21N3O3. The van der Waals surface area contributed by atoms with Gasteiger partial charge in [-0.25, -0.2) is 4.79 Å². The molecule has 1 fully saturated rings. The molecule has 0 aliphatic carbocycles. The largest absolute Gasteiger partial charge is 0.356 e. The summed E-state index contributed by atoms with van der Waals surface area (Å²) in [4.78, 5) is 37.0. The average Bonchev–Trinajstić information content (AvgIpc) is 2.53. The van der Waals surface area contributed by atoms with E-state index in [9.17, 15) is 14.4 Å². The van der Waals surface area contributed by atoms with E-state index in [0.717, 1.165) is 0 Å². The first-order valence-corrected chi connectivity index (χ1v) is 6.24. The predicted molar refractivity (Wildman–Crippen MR) is 66.8 cm³/mol. The Morgan fingerprint density at radius 3 is 2.56 bits per heavy atom. The molecule has 1 N–H and O–H groups in total. The van der Waals surface area contributed by atoms with Crippen LogP contribution in [0, 0.1) is 5.92 Å². The van der Waals surface area contributed by atoms with Crippen LogP contribution in [0.4, 0.5) is 4.79 Å². The summed E-state index contributed by atoms with van der Waals surface area (Å²) >= 11 is 0. The molecule has 0 spiro atoms. The van der Waals surface area contributed by atoms with Crippen LogP contribution in [0.2, 0.25) is 0 Å². The fourth-order valence-electron chi connectivity index (χ4n) is 1.69. The zero-order valence-electron chi connectivity index (χ0n) is 11.2. The second-order valence-corrected chi connectivity index (χ2v) is 4.99. The van der Waals surface area contributed by atoms with Crippen molar-refractivity contribution in [3.63, 3.8) is 0 Å². The topological polar surface area (TPSA) is 69.7 Å². The minimum Gasteiger partial charge on any atom is -0.356 e. The van der Waals surface area contributed by atoms with Gasteiger partial charge in [-0.2, -0.15) is 0 Å². The Labute approximate surface area is 107 Å². The second-order valence-electron chi connectivity index (χ2n) is 4.99. The first kappa shape index (κ1) is 14.5. The highest BCUT2D eigenvalue weighted by atomic mass is 16.2. The molecule has 1 aliphatic rings. The number of urea groups is 1. The van der Waals surface area contributed by atoms with Crippen LogP contribution in [0.25, 0.3) is 0 Å². The Kier molecular flexibility index (Phi) is 5.12. The Hall–Kier alpha value is -1.59. The number of carbonyl (C=O) groups excluding carboxylic acids is 3. The zero-order chi connectivity index (χ0) is 13.7. The monoisotopic (exact) mass is 255 g/mol. The van der Waals surface area contributed by atoms with Crippen LogP contribution < -0.4 is 5.32 Å². The van der Waals surface area contributed by atoms with Gasteiger partial charge in [0.1, 0.15) is 6.54 Å². The van der Waals surface area contributed by atoms with E-state index in [2.05, 4.69) is 5.32 Å². The summed E-state index contributed by atoms with van der Waals surface area (Å²) < 4.78 is 0. The number of imide groups is 1. The SMILES string of the molecule is CC(C)CNC(=O)CCCN1C(=O)CN(C)C1=O. The van der Waals surface area contributed by atoms with E-state index >= 15 is 0 Å². The Bertz CT molecular complexity index is 341. The predicted octanol–water partition coefficient (Wildman–Crippen LogP) is 0.433. The molecule has 6 heteroatoms. The highest BCUT2D eigenvalue weighted by Gasteiger charge is 2.32. The molecule has 0 aromatic carbocycles. The van der Waals surface area contributed by atoms with Gasteiger partial charge in [0.2, 0.25) is 11.8 Å². The lowest BCUT2D eigenvalue weighted by Crippen LogP contribution is -2.33. The summed E-state index contributed by atoms with van der Waals surface area (Å²) in [5.74, 6) is 0.200. The van der Waals surface area contributed by atoms with Crippen LogP contribution >= 0.6 is 0 Å². The lowest BCUT2D eigenvalue weighted by atomic mass is 10.2. The number of hydrogen-bond acceptors (Lipinski definition) is 3. The highest BCUT2D eigenvalue weighted by molar-refractivity contribution is 6.01. The van der Waals surface area contributed by atoms with Gasteiger partial charge in [0.15, 0.2) is 0 Å². The van der Waals surface area contributed by atoms with Crippen LogP contribution in [0.5, 0.6) is 0 Å². The Morgan fingerprint density at radius 1 is 1.39 bits per heavy atom. The summed E-state index contributed by atoms with van der Waals surface area (Å²) in [6, 6.07) is -0.275. The molecule has 4 amide bonds. The Balaban J connectivity index is 2.23. The minimum atomic E-state index is -0.275. The van der Waals surface area contributed by atoms with Gasteiger partial charge in [-0.1, -0.05) is 13.8 Å². The lowest BCUT2D eigenvalue weighted by molar-refractivity contribution is -0.126. The Morgan fingerprint density at radius 2 is 2.06 bits per heavy atom. The van der Waals surface area contributed by atoms with E-state index < -0.39 is 0 Å². The standard InChI is InChI=1S/C12H21N3O3/c1-9(2)7-13-10(16)5-4-6-15-11(17)8-14(3)12(15)18/h9H,4-8H2,1-3H3,(H,13,16). The molecule has 0 aromatic rings. The van der Waals surface area contributed by atoms with Gasteiger partial charge in [0.25, 0.3) is 0 Å². The van der Waals surface area contributed by atoms with Crippen molar-refractivity contribution in [3.05, 3.63) is 0 Å². The molecule has 18 heavy (non-hydrogen) atoms. The smallest absolute Gasteiger partial charge is 0.326 e. The number of nitrogens with zero attached hydrogens (tertiary/aromatic N) is 2. The van der Waals surface area contributed by atoms with E-state index in [4.69, 9.17) is 0 Å². The van der Waals surface area contributed by atoms with Crippen molar-refractivity contribution in [2.24, 2.45) is 5.92 Å². The van der Waals surface area contributed by atoms with Gasteiger partial charge in [0, 0.05) is 26.6 Å². The number of nitrogens with one attached hydrogen (secondary N) is 1. The fraction of sp³-hybridized carbons (Fsp3) is 0.750. The number of hydrogen-bond donors (Lipinski definition) is 1. The third kappa shape index (κ3) is 4.01. The van der Waals surface area contributed by atoms with Gasteiger partial charge in [-0.3, -0.25) is 14.5 Å². The fourth-order valence-corrected chi connectivity index (χ4v) is 1.69. The summed E-state index contributed by atoms with van der Waals surface area (Å²) in [6.07, 6.45) is 0.850. The molecule has 0 saturated carbocycles. The van der Waals surface area contributed by atoms with Crippen molar-refractivity contribution in [3.8, 4) is 0 Å². The van der Waals surface area contributed by atoms with Crippen molar-refractivity contribution >= 4 is 17.8 Å². The molecule has 1 aliphatic heterocycles. The summed E-state index contributed by atoms with van der Waals surface area (Å²) in [5, 5.41) is 2.80. The third-order valence-electron chi connectivity index (χ3n) is 2.72. The van der Waals surface area contributed by atoms with Crippen molar-refractivity contribution in [1.82, 2.24) is 15.1 Å². The van der Waals surface area contributed by atoms with E-state index in [0.29, 0.717) is 31.8 Å².